The Balaban J connectivity index is 0.00000426. The zero-order valence-corrected chi connectivity index (χ0v) is 42.9. The molecule has 5 rings (SSSR count). The van der Waals surface area contributed by atoms with Gasteiger partial charge in [-0.25, -0.2) is 0 Å². The first-order chi connectivity index (χ1) is 31.9. The first kappa shape index (κ1) is 58.6. The average Bonchev–Trinajstić information content (AvgIpc) is 3.84. The van der Waals surface area contributed by atoms with Crippen LogP contribution in [0, 0.1) is 57.2 Å². The van der Waals surface area contributed by atoms with Gasteiger partial charge in [-0.05, 0) is 81.9 Å². The van der Waals surface area contributed by atoms with E-state index in [0.29, 0.717) is 51.8 Å². The zero-order chi connectivity index (χ0) is 52.4. The van der Waals surface area contributed by atoms with Gasteiger partial charge in [0.2, 0.25) is 41.4 Å². The summed E-state index contributed by atoms with van der Waals surface area (Å²) in [5, 5.41) is 24.6. The Morgan fingerprint density at radius 3 is 1.76 bits per heavy atom. The molecule has 20 nitrogen and oxygen atoms in total. The molecular weight excluding hydrogens is 944 g/mol. The molecule has 5 aliphatic rings. The molecule has 5 heterocycles. The molecule has 8 bridgehead atoms. The summed E-state index contributed by atoms with van der Waals surface area (Å²) < 4.78 is 0. The molecule has 0 spiro atoms. The summed E-state index contributed by atoms with van der Waals surface area (Å²) in [6, 6.07) is -0.923. The van der Waals surface area contributed by atoms with E-state index in [9.17, 15) is 38.7 Å². The predicted molar refractivity (Wildman–Crippen MR) is 259 cm³/mol. The summed E-state index contributed by atoms with van der Waals surface area (Å²) in [6.07, 6.45) is 1.02. The van der Waals surface area contributed by atoms with Crippen LogP contribution in [0.4, 0.5) is 0 Å². The van der Waals surface area contributed by atoms with E-state index < -0.39 is 98.5 Å². The minimum atomic E-state index is -1.40. The van der Waals surface area contributed by atoms with Gasteiger partial charge < -0.3 is 62.0 Å². The number of allylic oxidation sites excluding steroid dienone is 6. The summed E-state index contributed by atoms with van der Waals surface area (Å²) in [5.41, 5.74) is 34.4. The van der Waals surface area contributed by atoms with Crippen molar-refractivity contribution in [2.24, 2.45) is 94.7 Å². The molecule has 0 aromatic heterocycles. The van der Waals surface area contributed by atoms with E-state index in [2.05, 4.69) is 5.32 Å². The van der Waals surface area contributed by atoms with E-state index in [1.165, 1.54) is 0 Å². The summed E-state index contributed by atoms with van der Waals surface area (Å²) in [7, 11) is 0. The number of hydrogen-bond acceptors (Lipinski definition) is 12. The van der Waals surface area contributed by atoms with Gasteiger partial charge in [-0.1, -0.05) is 40.7 Å². The van der Waals surface area contributed by atoms with E-state index in [0.717, 1.165) is 0 Å². The van der Waals surface area contributed by atoms with Crippen LogP contribution in [0.2, 0.25) is 0 Å². The molecule has 1 radical (unpaired) electrons. The van der Waals surface area contributed by atoms with Gasteiger partial charge >= 0.3 is 0 Å². The van der Waals surface area contributed by atoms with Crippen LogP contribution in [0.5, 0.6) is 0 Å². The first-order valence-electron chi connectivity index (χ1n) is 23.4. The van der Waals surface area contributed by atoms with Crippen molar-refractivity contribution in [2.75, 3.05) is 6.54 Å². The number of nitrogens with two attached hydrogens (primary N) is 6. The molecule has 1 saturated heterocycles. The van der Waals surface area contributed by atoms with Crippen molar-refractivity contribution in [1.82, 2.24) is 5.32 Å². The van der Waals surface area contributed by atoms with Crippen molar-refractivity contribution in [3.63, 3.8) is 0 Å². The van der Waals surface area contributed by atoms with Gasteiger partial charge in [0.25, 0.3) is 0 Å². The van der Waals surface area contributed by atoms with Gasteiger partial charge in [0, 0.05) is 125 Å². The van der Waals surface area contributed by atoms with E-state index >= 15 is 0 Å². The SMILES string of the molecule is C/C1=C2/[N-][C@H]([C@H](CC(N)=O)[C@@]2(C)CCC(=O)NC[C@@H](C)O)[C@]2(C)N=C(/C(C)=C3N=C(/C=C4N=C1[C@@H](CCC(N)=O)C\4(C)C)[C@@H](CCC(N)=O)[C@]\3(C)CC(N)=O)[C@@H](CCC(N)=O)[C@]2(C)CC(N)=O.[C-]#N.[Co]. The third kappa shape index (κ3) is 11.2. The monoisotopic (exact) mass is 1020 g/mol. The number of fused-ring (bicyclic) bond motifs is 6. The number of aliphatic imine (C=N–C) groups is 3. The molecule has 0 aromatic rings. The fourth-order valence-corrected chi connectivity index (χ4v) is 12.2. The minimum Gasteiger partial charge on any atom is -0.682 e. The number of carbonyl (C=O) groups excluding carboxylic acids is 7. The Morgan fingerprint density at radius 2 is 1.26 bits per heavy atom. The maximum absolute atomic E-state index is 13.5. The predicted octanol–water partition coefficient (Wildman–Crippen LogP) is 2.61. The molecule has 7 amide bonds. The molecule has 14 N–H and O–H groups in total. The number of nitrogens with zero attached hydrogens (tertiary/aromatic N) is 5. The second-order valence-electron chi connectivity index (χ2n) is 21.1. The zero-order valence-electron chi connectivity index (χ0n) is 41.9. The first-order valence-corrected chi connectivity index (χ1v) is 23.4. The minimum absolute atomic E-state index is 0. The smallest absolute Gasteiger partial charge is 0.220 e. The Bertz CT molecular complexity index is 2370. The van der Waals surface area contributed by atoms with Crippen LogP contribution in [-0.2, 0) is 50.3 Å². The Labute approximate surface area is 421 Å². The number of rotatable bonds is 20. The van der Waals surface area contributed by atoms with E-state index in [1.54, 1.807) is 6.92 Å². The second kappa shape index (κ2) is 22.1. The number of nitrogens with one attached hydrogen (secondary N) is 1. The molecule has 0 aromatic carbocycles. The van der Waals surface area contributed by atoms with Crippen LogP contribution in [0.25, 0.3) is 5.32 Å². The van der Waals surface area contributed by atoms with Gasteiger partial charge in [0.1, 0.15) is 0 Å². The average molecular weight is 1020 g/mol. The van der Waals surface area contributed by atoms with Gasteiger partial charge in [0.15, 0.2) is 0 Å². The maximum Gasteiger partial charge on any atom is 0.220 e. The molecule has 10 atom stereocenters. The third-order valence-corrected chi connectivity index (χ3v) is 16.0. The largest absolute Gasteiger partial charge is 0.682 e. The van der Waals surface area contributed by atoms with Crippen LogP contribution in [0.15, 0.2) is 49.3 Å². The number of hydrogen-bond donors (Lipinski definition) is 8. The summed E-state index contributed by atoms with van der Waals surface area (Å²) in [5.74, 6) is -6.42. The Hall–Kier alpha value is -5.72. The quantitative estimate of drug-likeness (QED) is 0.0830. The van der Waals surface area contributed by atoms with Crippen LogP contribution in [0.3, 0.4) is 0 Å². The Kier molecular flexibility index (Phi) is 18.5. The molecule has 70 heavy (non-hydrogen) atoms. The van der Waals surface area contributed by atoms with Crippen molar-refractivity contribution in [2.45, 2.75) is 151 Å². The normalized spacial score (nSPS) is 33.7. The van der Waals surface area contributed by atoms with Crippen LogP contribution >= 0.6 is 0 Å². The van der Waals surface area contributed by atoms with E-state index in [4.69, 9.17) is 66.5 Å². The number of aliphatic hydroxyl groups excluding tert-OH is 1. The molecule has 387 valence electrons. The maximum atomic E-state index is 13.5. The van der Waals surface area contributed by atoms with E-state index in [-0.39, 0.29) is 93.4 Å². The molecule has 0 saturated carbocycles. The van der Waals surface area contributed by atoms with Gasteiger partial charge in [0.05, 0.1) is 17.3 Å². The second-order valence-corrected chi connectivity index (χ2v) is 21.1. The van der Waals surface area contributed by atoms with Crippen molar-refractivity contribution in [1.29, 1.82) is 5.26 Å². The molecule has 1 fully saturated rings. The van der Waals surface area contributed by atoms with Gasteiger partial charge in [-0.2, -0.15) is 5.70 Å². The van der Waals surface area contributed by atoms with Gasteiger partial charge in [-0.15, -0.1) is 0 Å². The summed E-state index contributed by atoms with van der Waals surface area (Å²) >= 11 is 0. The van der Waals surface area contributed by atoms with Crippen molar-refractivity contribution < 1.29 is 55.4 Å². The molecular formula is C49H72CoN12O8-2. The van der Waals surface area contributed by atoms with Crippen molar-refractivity contribution in [3.05, 3.63) is 46.2 Å². The molecule has 0 unspecified atom stereocenters. The summed E-state index contributed by atoms with van der Waals surface area (Å²) in [4.78, 5) is 108. The molecule has 21 heteroatoms. The fraction of sp³-hybridized carbons (Fsp3) is 0.653. The third-order valence-electron chi connectivity index (χ3n) is 16.0. The summed E-state index contributed by atoms with van der Waals surface area (Å²) in [6.45, 7) is 21.6. The number of carbonyl (C=O) groups is 7. The Morgan fingerprint density at radius 1 is 0.729 bits per heavy atom. The number of amides is 7. The molecule has 0 aliphatic carbocycles. The molecule has 5 aliphatic heterocycles. The van der Waals surface area contributed by atoms with Crippen LogP contribution in [-0.4, -0.2) is 87.8 Å². The van der Waals surface area contributed by atoms with Crippen molar-refractivity contribution in [3.8, 4) is 0 Å². The standard InChI is InChI=1S/C48H73N11O8.CN.Co/c1-23(60)22-55-38(67)16-17-45(6)29(18-35(52)64)43-48(9)47(8,21-37(54)66)28(12-15-34(51)63)40(59-48)25(3)42-46(7,20-36(53)65)26(10-13-32(49)61)30(56-42)19-31-44(4,5)27(11-14-33(50)62)39(57-31)24(2)41(45)58-43;1-2;/h19,23,26-29,43,60H,10-18,20-22H2,1-9H3,(H14,49,50,51,52,53,54,55,56,57,58,59,61,62,63,64,65,66,67);;/q;-1;/p-1/t23-,26-,27-,28-,29+,43-,45-,46+,47+,48+;;/m1../s1. The van der Waals surface area contributed by atoms with E-state index in [1.807, 2.05) is 61.5 Å². The topological polar surface area (TPSA) is 383 Å². The number of aliphatic hydroxyl groups is 1. The number of primary amides is 6. The fourth-order valence-electron chi connectivity index (χ4n) is 12.2. The van der Waals surface area contributed by atoms with Gasteiger partial charge in [-0.3, -0.25) is 48.5 Å². The van der Waals surface area contributed by atoms with Crippen molar-refractivity contribution >= 4 is 58.5 Å². The van der Waals surface area contributed by atoms with Crippen LogP contribution in [0.1, 0.15) is 133 Å². The van der Waals surface area contributed by atoms with Crippen LogP contribution < -0.4 is 39.7 Å².